The van der Waals surface area contributed by atoms with E-state index in [0.29, 0.717) is 53.2 Å². The number of pyridine rings is 9. The van der Waals surface area contributed by atoms with Gasteiger partial charge in [0.05, 0.1) is 16.7 Å². The van der Waals surface area contributed by atoms with Gasteiger partial charge in [-0.3, -0.25) is 0 Å². The zero-order chi connectivity index (χ0) is 91.7. The quantitative estimate of drug-likeness (QED) is 0.0845. The van der Waals surface area contributed by atoms with Crippen LogP contribution in [0, 0.1) is 74.8 Å². The fourth-order valence-electron chi connectivity index (χ4n) is 15.7. The summed E-state index contributed by atoms with van der Waals surface area (Å²) in [5.74, 6) is 2.55. The van der Waals surface area contributed by atoms with Crippen molar-refractivity contribution < 1.29 is 78.0 Å². The van der Waals surface area contributed by atoms with Crippen LogP contribution in [-0.4, -0.2) is 44.9 Å². The molecule has 681 valence electrons. The minimum atomic E-state index is -0.158. The molecule has 0 aliphatic rings. The van der Waals surface area contributed by atoms with Gasteiger partial charge in [-0.1, -0.05) is 235 Å². The van der Waals surface area contributed by atoms with E-state index in [-0.39, 0.29) is 66.1 Å². The predicted molar refractivity (Wildman–Crippen MR) is 536 cm³/mol. The number of fused-ring (bicyclic) bond motifs is 9. The number of aromatic nitrogens is 9. The van der Waals surface area contributed by atoms with Crippen molar-refractivity contribution in [2.45, 2.75) is 121 Å². The molecule has 12 nitrogen and oxygen atoms in total. The van der Waals surface area contributed by atoms with Crippen LogP contribution in [0.4, 0.5) is 4.39 Å². The summed E-state index contributed by atoms with van der Waals surface area (Å²) in [5.41, 5.74) is 30.6. The van der Waals surface area contributed by atoms with Crippen molar-refractivity contribution in [1.82, 2.24) is 44.9 Å². The van der Waals surface area contributed by atoms with Gasteiger partial charge in [-0.25, -0.2) is 19.3 Å². The predicted octanol–water partition coefficient (Wildman–Crippen LogP) is 31.0. The van der Waals surface area contributed by atoms with Crippen LogP contribution in [-0.2, 0) is 73.2 Å². The van der Waals surface area contributed by atoms with Gasteiger partial charge < -0.3 is 43.2 Å². The molecule has 21 rings (SSSR count). The Labute approximate surface area is 831 Å². The molecule has 0 amide bonds. The van der Waals surface area contributed by atoms with E-state index < -0.39 is 0 Å². The van der Waals surface area contributed by atoms with Gasteiger partial charge in [-0.05, 0) is 209 Å². The van der Waals surface area contributed by atoms with E-state index in [0.717, 1.165) is 173 Å². The standard InChI is InChI=1S/C27H22FN2O.C27H23N2O.C23H15N2O.3C14H14N.3Ir/c1-16(2)13-20-14-18(8-10-24(20)28)19-11-12-29-25(15-19)23-6-4-5-21-22-9-7-17(3)30-27(22)31-26(21)23;1-17(2)15-19-8-10-20(11-9-19)21-13-14-28-25(16-21)24-6-4-5-22-23-12-7-18(3)29-27(23)30-26(22)24;1-15-10-11-19-18-8-5-9-20(22(18)26-23(19)25-15)21-14-17(12-13-24-21)16-6-3-2-4-7-16;3*1-11(2)12-6-8-13(9-7-12)14-5-3-4-10-15-14;;;/h4-5,7-12,14-16H,13H2,1-3H3;4-5,7-14,16-17H,15H2,1-3H3;2-8,10-14H,1H3;3*3-8,10-11H,1-2H3;;;/q6*-1;;;. The molecule has 0 saturated carbocycles. The number of hydrogen-bond donors (Lipinski definition) is 0. The molecule has 0 aliphatic carbocycles. The Hall–Kier alpha value is -13.4. The van der Waals surface area contributed by atoms with Crippen LogP contribution >= 0.6 is 0 Å². The summed E-state index contributed by atoms with van der Waals surface area (Å²) in [6.07, 6.45) is 12.7. The van der Waals surface area contributed by atoms with E-state index in [1.54, 1.807) is 30.9 Å². The topological polar surface area (TPSA) is 155 Å². The molecule has 135 heavy (non-hydrogen) atoms. The summed E-state index contributed by atoms with van der Waals surface area (Å²) in [5, 5.41) is 6.07. The van der Waals surface area contributed by atoms with Gasteiger partial charge in [0.1, 0.15) is 5.82 Å². The maximum atomic E-state index is 14.3. The van der Waals surface area contributed by atoms with Gasteiger partial charge in [0.15, 0.2) is 0 Å². The van der Waals surface area contributed by atoms with Gasteiger partial charge in [-0.2, -0.15) is 0 Å². The van der Waals surface area contributed by atoms with Crippen LogP contribution < -0.4 is 0 Å². The van der Waals surface area contributed by atoms with Crippen molar-refractivity contribution in [3.05, 3.63) is 415 Å². The molecule has 0 aliphatic heterocycles. The summed E-state index contributed by atoms with van der Waals surface area (Å²) < 4.78 is 32.6. The summed E-state index contributed by atoms with van der Waals surface area (Å²) in [7, 11) is 0. The average molecular weight is 2300 g/mol. The van der Waals surface area contributed by atoms with Crippen molar-refractivity contribution in [3.8, 4) is 101 Å². The number of furan rings is 3. The third-order valence-electron chi connectivity index (χ3n) is 22.7. The number of halogens is 1. The molecule has 9 aromatic carbocycles. The van der Waals surface area contributed by atoms with E-state index in [9.17, 15) is 4.39 Å². The fourth-order valence-corrected chi connectivity index (χ4v) is 15.7. The molecule has 21 aromatic rings. The molecule has 12 heterocycles. The normalized spacial score (nSPS) is 11.0. The molecule has 3 radical (unpaired) electrons. The van der Waals surface area contributed by atoms with Gasteiger partial charge in [-0.15, -0.1) is 161 Å². The average Bonchev–Trinajstić information content (AvgIpc) is 1.63. The Morgan fingerprint density at radius 3 is 0.933 bits per heavy atom. The molecule has 0 spiro atoms. The second kappa shape index (κ2) is 46.5. The largest absolute Gasteiger partial charge is 0.486 e. The van der Waals surface area contributed by atoms with Crippen LogP contribution in [0.1, 0.15) is 132 Å². The van der Waals surface area contributed by atoms with Crippen molar-refractivity contribution in [2.75, 3.05) is 0 Å². The summed E-state index contributed by atoms with van der Waals surface area (Å²) in [6, 6.07) is 117. The van der Waals surface area contributed by atoms with Crippen molar-refractivity contribution >= 4 is 66.2 Å². The van der Waals surface area contributed by atoms with E-state index in [2.05, 4.69) is 266 Å². The first kappa shape index (κ1) is 99.1. The van der Waals surface area contributed by atoms with E-state index in [1.807, 2.05) is 203 Å². The first-order chi connectivity index (χ1) is 64.2. The Morgan fingerprint density at radius 1 is 0.281 bits per heavy atom. The van der Waals surface area contributed by atoms with Gasteiger partial charge in [0.2, 0.25) is 17.1 Å². The SMILES string of the molecule is CC(C)c1c[c-]c(-c2ccccn2)cc1.CC(C)c1c[c-]c(-c2ccccn2)cc1.CC(C)c1c[c-]c(-c2ccccn2)cc1.Cc1ccc2c(n1)oc1c(-c3cc(-c4ccc(CC(C)C)cc4)ccn3)[c-]ccc12.Cc1ccc2c(n1)oc1c(-c3cc(-c4ccc(F)c(CC(C)C)c4)ccn3)[c-]ccc12.Cc1ccc2c(n1)oc1c(-c3cc(-c4ccccc4)ccn3)[c-]ccc12.[Ir].[Ir].[Ir]. The minimum Gasteiger partial charge on any atom is -0.486 e. The monoisotopic (exact) mass is 2300 g/mol. The maximum absolute atomic E-state index is 14.3. The van der Waals surface area contributed by atoms with Crippen LogP contribution in [0.15, 0.2) is 342 Å². The zero-order valence-corrected chi connectivity index (χ0v) is 84.8. The van der Waals surface area contributed by atoms with E-state index in [1.165, 1.54) is 27.8 Å². The van der Waals surface area contributed by atoms with Crippen LogP contribution in [0.3, 0.4) is 0 Å². The first-order valence-corrected chi connectivity index (χ1v) is 44.9. The Kier molecular flexibility index (Phi) is 34.1. The second-order valence-electron chi connectivity index (χ2n) is 34.6. The summed E-state index contributed by atoms with van der Waals surface area (Å²) in [6.45, 7) is 27.7. The zero-order valence-electron chi connectivity index (χ0n) is 77.6. The molecular formula is C119H102FIr3N9O3-6. The van der Waals surface area contributed by atoms with Crippen molar-refractivity contribution in [2.24, 2.45) is 11.8 Å². The number of benzene rings is 9. The summed E-state index contributed by atoms with van der Waals surface area (Å²) in [4.78, 5) is 40.2. The third kappa shape index (κ3) is 24.6. The molecule has 16 heteroatoms. The first-order valence-electron chi connectivity index (χ1n) is 44.9. The van der Waals surface area contributed by atoms with E-state index in [4.69, 9.17) is 13.3 Å². The van der Waals surface area contributed by atoms with Crippen molar-refractivity contribution in [3.63, 3.8) is 0 Å². The molecule has 0 saturated heterocycles. The fraction of sp³-hybridized carbons (Fsp3) is 0.168. The molecule has 12 aromatic heterocycles. The van der Waals surface area contributed by atoms with Crippen LogP contribution in [0.5, 0.6) is 0 Å². The van der Waals surface area contributed by atoms with Crippen LogP contribution in [0.2, 0.25) is 0 Å². The van der Waals surface area contributed by atoms with Gasteiger partial charge in [0, 0.05) is 131 Å². The summed E-state index contributed by atoms with van der Waals surface area (Å²) >= 11 is 0. The van der Waals surface area contributed by atoms with Gasteiger partial charge in [0.25, 0.3) is 0 Å². The smallest absolute Gasteiger partial charge is 0.216 e. The minimum absolute atomic E-state index is 0. The van der Waals surface area contributed by atoms with Crippen molar-refractivity contribution in [1.29, 1.82) is 0 Å². The molecule has 0 N–H and O–H groups in total. The molecule has 0 fully saturated rings. The third-order valence-corrected chi connectivity index (χ3v) is 22.7. The molecule has 0 unspecified atom stereocenters. The second-order valence-corrected chi connectivity index (χ2v) is 34.6. The van der Waals surface area contributed by atoms with E-state index >= 15 is 0 Å². The van der Waals surface area contributed by atoms with Gasteiger partial charge >= 0.3 is 0 Å². The molecule has 0 bridgehead atoms. The Balaban J connectivity index is 0.000000140. The van der Waals surface area contributed by atoms with Crippen LogP contribution in [0.25, 0.3) is 167 Å². The Bertz CT molecular complexity index is 7260. The number of hydrogen-bond acceptors (Lipinski definition) is 12. The number of nitrogens with zero attached hydrogens (tertiary/aromatic N) is 9. The Morgan fingerprint density at radius 2 is 0.607 bits per heavy atom. The molecule has 0 atom stereocenters. The maximum Gasteiger partial charge on any atom is 0.216 e. The molecular weight excluding hydrogens is 2200 g/mol. The number of aryl methyl sites for hydroxylation is 3. The number of rotatable bonds is 16.